The molecule has 0 amide bonds. The summed E-state index contributed by atoms with van der Waals surface area (Å²) in [4.78, 5) is 36.6. The van der Waals surface area contributed by atoms with Gasteiger partial charge in [0.05, 0.1) is 13.2 Å². The summed E-state index contributed by atoms with van der Waals surface area (Å²) < 4.78 is 42.3. The van der Waals surface area contributed by atoms with Crippen LogP contribution in [0.4, 0.5) is 0 Å². The molecule has 2 unspecified atom stereocenters. The van der Waals surface area contributed by atoms with Gasteiger partial charge in [0.2, 0.25) is 0 Å². The van der Waals surface area contributed by atoms with Crippen LogP contribution in [0.2, 0.25) is 0 Å². The van der Waals surface area contributed by atoms with Gasteiger partial charge in [0.25, 0.3) is 7.82 Å². The summed E-state index contributed by atoms with van der Waals surface area (Å²) in [5.41, 5.74) is 3.53. The van der Waals surface area contributed by atoms with Gasteiger partial charge < -0.3 is 38.6 Å². The van der Waals surface area contributed by atoms with Crippen LogP contribution in [0.5, 0.6) is 0 Å². The van der Waals surface area contributed by atoms with Crippen LogP contribution < -0.4 is 10.6 Å². The molecule has 0 aromatic carbocycles. The Morgan fingerprint density at radius 2 is 1.02 bits per heavy atom. The van der Waals surface area contributed by atoms with E-state index in [4.69, 9.17) is 23.5 Å². The smallest absolute Gasteiger partial charge is 0.306 e. The highest BCUT2D eigenvalue weighted by molar-refractivity contribution is 7.45. The molecule has 0 fully saturated rings. The van der Waals surface area contributed by atoms with Crippen LogP contribution in [0.3, 0.4) is 0 Å². The summed E-state index contributed by atoms with van der Waals surface area (Å²) in [6.07, 6.45) is 19.0. The number of unbranched alkanes of at least 4 members (excludes halogenated alkanes) is 16. The van der Waals surface area contributed by atoms with Crippen LogP contribution in [-0.4, -0.2) is 71.8 Å². The van der Waals surface area contributed by atoms with E-state index in [2.05, 4.69) is 10.3 Å². The van der Waals surface area contributed by atoms with Crippen LogP contribution in [0.15, 0.2) is 0 Å². The fraction of sp³-hybridized carbons (Fsp3) is 0.935. The van der Waals surface area contributed by atoms with Crippen molar-refractivity contribution >= 4 is 19.8 Å². The van der Waals surface area contributed by atoms with Gasteiger partial charge in [-0.2, -0.15) is 0 Å². The fourth-order valence-electron chi connectivity index (χ4n) is 4.51. The number of carbonyl (C=O) groups excluding carboxylic acids is 2. The topological polar surface area (TPSA) is 157 Å². The first-order chi connectivity index (χ1) is 20.8. The molecular weight excluding hydrogens is 577 g/mol. The lowest BCUT2D eigenvalue weighted by molar-refractivity contribution is -0.373. The predicted molar refractivity (Wildman–Crippen MR) is 164 cm³/mol. The van der Waals surface area contributed by atoms with Gasteiger partial charge in [-0.15, -0.1) is 0 Å². The van der Waals surface area contributed by atoms with Crippen LogP contribution in [0.25, 0.3) is 0 Å². The molecule has 0 aromatic heterocycles. The Bertz CT molecular complexity index is 697. The number of hydrogen-bond acceptors (Lipinski definition) is 10. The molecule has 0 saturated carbocycles. The molecule has 0 radical (unpaired) electrons. The van der Waals surface area contributed by atoms with E-state index < -0.39 is 32.5 Å². The predicted octanol–water partition coefficient (Wildman–Crippen LogP) is 5.28. The number of carbonyl (C=O) groups is 2. The number of quaternary nitrogens is 1. The summed E-state index contributed by atoms with van der Waals surface area (Å²) in [5.74, 6) is -0.877. The van der Waals surface area contributed by atoms with Gasteiger partial charge in [-0.1, -0.05) is 89.9 Å². The monoisotopic (exact) mass is 639 g/mol. The number of ether oxygens (including phenoxy) is 4. The first-order valence-corrected chi connectivity index (χ1v) is 18.0. The minimum absolute atomic E-state index is 0.109. The fourth-order valence-corrected chi connectivity index (χ4v) is 5.29. The zero-order chi connectivity index (χ0) is 31.9. The van der Waals surface area contributed by atoms with E-state index in [-0.39, 0.29) is 32.6 Å². The summed E-state index contributed by atoms with van der Waals surface area (Å²) in [7, 11) is -1.12. The maximum atomic E-state index is 12.4. The van der Waals surface area contributed by atoms with E-state index >= 15 is 0 Å². The summed E-state index contributed by atoms with van der Waals surface area (Å²) in [6.45, 7) is 1.05. The van der Waals surface area contributed by atoms with Crippen molar-refractivity contribution in [3.05, 3.63) is 0 Å². The van der Waals surface area contributed by atoms with Crippen LogP contribution in [-0.2, 0) is 42.1 Å². The Balaban J connectivity index is 4.25. The third-order valence-corrected chi connectivity index (χ3v) is 7.96. The Labute approximate surface area is 260 Å². The SMILES string of the molecule is COCCCCCCCCCCCC(=O)OCC(COP(=O)([O-])OCC[NH3+])OC(=O)CCCCCCCCCCCOC. The van der Waals surface area contributed by atoms with Crippen LogP contribution in [0.1, 0.15) is 128 Å². The molecule has 43 heavy (non-hydrogen) atoms. The molecule has 0 aliphatic rings. The lowest BCUT2D eigenvalue weighted by Crippen LogP contribution is -2.52. The third kappa shape index (κ3) is 30.7. The first-order valence-electron chi connectivity index (χ1n) is 16.6. The third-order valence-electron chi connectivity index (χ3n) is 7.00. The van der Waals surface area contributed by atoms with Crippen molar-refractivity contribution < 1.29 is 52.8 Å². The van der Waals surface area contributed by atoms with Gasteiger partial charge in [0, 0.05) is 40.3 Å². The molecule has 2 atom stereocenters. The average Bonchev–Trinajstić information content (AvgIpc) is 2.99. The number of rotatable bonds is 33. The molecule has 0 aromatic rings. The van der Waals surface area contributed by atoms with Crippen molar-refractivity contribution in [1.82, 2.24) is 0 Å². The van der Waals surface area contributed by atoms with Crippen molar-refractivity contribution in [1.29, 1.82) is 0 Å². The molecule has 0 rings (SSSR count). The minimum Gasteiger partial charge on any atom is -0.756 e. The van der Waals surface area contributed by atoms with Gasteiger partial charge in [-0.25, -0.2) is 0 Å². The number of methoxy groups -OCH3 is 2. The highest BCUT2D eigenvalue weighted by Crippen LogP contribution is 2.38. The van der Waals surface area contributed by atoms with Crippen molar-refractivity contribution in [3.8, 4) is 0 Å². The average molecular weight is 640 g/mol. The summed E-state index contributed by atoms with van der Waals surface area (Å²) >= 11 is 0. The van der Waals surface area contributed by atoms with Crippen molar-refractivity contribution in [3.63, 3.8) is 0 Å². The number of phosphoric ester groups is 1. The van der Waals surface area contributed by atoms with Crippen molar-refractivity contribution in [2.45, 2.75) is 135 Å². The van der Waals surface area contributed by atoms with Crippen molar-refractivity contribution in [2.75, 3.05) is 53.8 Å². The molecule has 0 saturated heterocycles. The maximum Gasteiger partial charge on any atom is 0.306 e. The molecule has 0 aliphatic heterocycles. The van der Waals surface area contributed by atoms with E-state index in [0.717, 1.165) is 71.0 Å². The molecule has 0 bridgehead atoms. The second-order valence-electron chi connectivity index (χ2n) is 11.1. The Kier molecular flexibility index (Phi) is 30.2. The zero-order valence-corrected chi connectivity index (χ0v) is 28.1. The molecule has 0 aliphatic carbocycles. The van der Waals surface area contributed by atoms with Gasteiger partial charge in [0.1, 0.15) is 13.2 Å². The zero-order valence-electron chi connectivity index (χ0n) is 27.2. The Hall–Kier alpha value is -1.07. The molecule has 0 spiro atoms. The van der Waals surface area contributed by atoms with Gasteiger partial charge in [-0.3, -0.25) is 14.2 Å². The van der Waals surface area contributed by atoms with Crippen molar-refractivity contribution in [2.24, 2.45) is 0 Å². The second-order valence-corrected chi connectivity index (χ2v) is 12.5. The van der Waals surface area contributed by atoms with E-state index in [9.17, 15) is 19.0 Å². The van der Waals surface area contributed by atoms with E-state index in [1.165, 1.54) is 51.4 Å². The molecule has 12 heteroatoms. The highest BCUT2D eigenvalue weighted by Gasteiger charge is 2.21. The number of phosphoric acid groups is 1. The Morgan fingerprint density at radius 3 is 1.47 bits per heavy atom. The first kappa shape index (κ1) is 41.9. The lowest BCUT2D eigenvalue weighted by Gasteiger charge is -2.25. The lowest BCUT2D eigenvalue weighted by atomic mass is 10.1. The molecule has 256 valence electrons. The summed E-state index contributed by atoms with van der Waals surface area (Å²) in [5, 5.41) is 0. The Morgan fingerprint density at radius 1 is 0.605 bits per heavy atom. The van der Waals surface area contributed by atoms with Gasteiger partial charge in [0.15, 0.2) is 6.10 Å². The van der Waals surface area contributed by atoms with E-state index in [1.54, 1.807) is 14.2 Å². The van der Waals surface area contributed by atoms with Crippen LogP contribution >= 0.6 is 7.82 Å². The largest absolute Gasteiger partial charge is 0.756 e. The molecular formula is C31H62NO10P. The van der Waals surface area contributed by atoms with Gasteiger partial charge >= 0.3 is 11.9 Å². The highest BCUT2D eigenvalue weighted by atomic mass is 31.2. The van der Waals surface area contributed by atoms with Gasteiger partial charge in [-0.05, 0) is 25.7 Å². The molecule has 0 heterocycles. The second kappa shape index (κ2) is 30.9. The quantitative estimate of drug-likeness (QED) is 0.0569. The summed E-state index contributed by atoms with van der Waals surface area (Å²) in [6, 6.07) is 0. The minimum atomic E-state index is -4.58. The number of hydrogen-bond donors (Lipinski definition) is 1. The van der Waals surface area contributed by atoms with E-state index in [0.29, 0.717) is 6.42 Å². The number of esters is 2. The molecule has 3 N–H and O–H groups in total. The molecule has 11 nitrogen and oxygen atoms in total. The standard InChI is InChI=1S/C31H62NO10P/c1-37-24-19-15-11-7-3-5-9-13-17-21-30(33)39-27-29(28-41-43(35,36)40-26-23-32)42-31(34)22-18-14-10-6-4-8-12-16-20-25-38-2/h29H,3-28,32H2,1-2H3,(H,35,36). The maximum absolute atomic E-state index is 12.4. The normalized spacial score (nSPS) is 13.5. The van der Waals surface area contributed by atoms with E-state index in [1.807, 2.05) is 0 Å². The van der Waals surface area contributed by atoms with Crippen LogP contribution in [0, 0.1) is 0 Å².